The van der Waals surface area contributed by atoms with E-state index in [9.17, 15) is 0 Å². The minimum atomic E-state index is -2.12. The Morgan fingerprint density at radius 2 is 1.22 bits per heavy atom. The third-order valence-electron chi connectivity index (χ3n) is 10.5. The zero-order valence-electron chi connectivity index (χ0n) is 28.6. The van der Waals surface area contributed by atoms with Gasteiger partial charge in [0.05, 0.1) is 29.1 Å². The fourth-order valence-electron chi connectivity index (χ4n) is 7.75. The first-order chi connectivity index (χ1) is 24.5. The lowest BCUT2D eigenvalue weighted by Crippen LogP contribution is -2.53. The van der Waals surface area contributed by atoms with Gasteiger partial charge in [-0.05, 0) is 70.8 Å². The molecule has 0 bridgehead atoms. The third kappa shape index (κ3) is 4.93. The monoisotopic (exact) mass is 662 g/mol. The fourth-order valence-corrected chi connectivity index (χ4v) is 10.1. The standard InChI is InChI=1S/C45H38N4Si/c1-47-31-48(43-23-12-11-22-42(43)47)34-16-13-17-35(29-34)50(2,3)36-24-25-40-39-20-9-10-21-41(39)49(44(40)30-36)45-28-33(26-27-46-45)38-19-8-7-18-37(38)32-14-5-4-6-15-32/h4-30H,31H2,1-3H3. The van der Waals surface area contributed by atoms with Gasteiger partial charge in [-0.1, -0.05) is 133 Å². The molecule has 0 saturated carbocycles. The van der Waals surface area contributed by atoms with Crippen LogP contribution in [0.15, 0.2) is 164 Å². The second-order valence-corrected chi connectivity index (χ2v) is 18.2. The molecule has 0 radical (unpaired) electrons. The summed E-state index contributed by atoms with van der Waals surface area (Å²) in [5, 5.41) is 5.30. The molecule has 0 fully saturated rings. The normalized spacial score (nSPS) is 12.9. The average molecular weight is 663 g/mol. The Bertz CT molecular complexity index is 2530. The number of aromatic nitrogens is 2. The van der Waals surface area contributed by atoms with E-state index in [-0.39, 0.29) is 0 Å². The first kappa shape index (κ1) is 30.2. The summed E-state index contributed by atoms with van der Waals surface area (Å²) in [5.74, 6) is 0.923. The van der Waals surface area contributed by atoms with Crippen LogP contribution in [0.4, 0.5) is 17.1 Å². The lowest BCUT2D eigenvalue weighted by atomic mass is 9.95. The van der Waals surface area contributed by atoms with Crippen LogP contribution in [0.5, 0.6) is 0 Å². The molecular formula is C45H38N4Si. The summed E-state index contributed by atoms with van der Waals surface area (Å²) in [7, 11) is 0.0499. The van der Waals surface area contributed by atoms with Crippen molar-refractivity contribution in [1.29, 1.82) is 0 Å². The highest BCUT2D eigenvalue weighted by Crippen LogP contribution is 2.40. The van der Waals surface area contributed by atoms with Crippen molar-refractivity contribution in [2.45, 2.75) is 13.1 Å². The van der Waals surface area contributed by atoms with Crippen molar-refractivity contribution in [2.24, 2.45) is 0 Å². The molecule has 8 aromatic rings. The van der Waals surface area contributed by atoms with Crippen LogP contribution in [0.1, 0.15) is 0 Å². The maximum Gasteiger partial charge on any atom is 0.138 e. The van der Waals surface area contributed by atoms with E-state index in [2.05, 4.69) is 192 Å². The van der Waals surface area contributed by atoms with Crippen molar-refractivity contribution >= 4 is 57.3 Å². The molecule has 2 aromatic heterocycles. The molecule has 5 heteroatoms. The smallest absolute Gasteiger partial charge is 0.138 e. The summed E-state index contributed by atoms with van der Waals surface area (Å²) < 4.78 is 2.36. The van der Waals surface area contributed by atoms with E-state index >= 15 is 0 Å². The van der Waals surface area contributed by atoms with Gasteiger partial charge in [-0.2, -0.15) is 0 Å². The molecule has 0 saturated heterocycles. The van der Waals surface area contributed by atoms with E-state index in [1.807, 2.05) is 6.20 Å². The Hall–Kier alpha value is -5.91. The van der Waals surface area contributed by atoms with E-state index in [1.165, 1.54) is 65.9 Å². The summed E-state index contributed by atoms with van der Waals surface area (Å²) in [5.41, 5.74) is 10.9. The molecule has 0 N–H and O–H groups in total. The molecule has 6 aromatic carbocycles. The van der Waals surface area contributed by atoms with Crippen molar-refractivity contribution in [3.8, 4) is 28.1 Å². The van der Waals surface area contributed by atoms with E-state index in [4.69, 9.17) is 4.98 Å². The summed E-state index contributed by atoms with van der Waals surface area (Å²) >= 11 is 0. The number of fused-ring (bicyclic) bond motifs is 4. The highest BCUT2D eigenvalue weighted by atomic mass is 28.3. The molecule has 1 aliphatic rings. The highest BCUT2D eigenvalue weighted by Gasteiger charge is 2.30. The molecule has 242 valence electrons. The van der Waals surface area contributed by atoms with Gasteiger partial charge in [0.25, 0.3) is 0 Å². The maximum absolute atomic E-state index is 5.01. The molecule has 0 aliphatic carbocycles. The van der Waals surface area contributed by atoms with Crippen molar-refractivity contribution in [3.63, 3.8) is 0 Å². The molecule has 0 spiro atoms. The number of pyridine rings is 1. The van der Waals surface area contributed by atoms with Crippen LogP contribution < -0.4 is 20.2 Å². The predicted molar refractivity (Wildman–Crippen MR) is 214 cm³/mol. The largest absolute Gasteiger partial charge is 0.355 e. The second-order valence-electron chi connectivity index (χ2n) is 13.8. The third-order valence-corrected chi connectivity index (χ3v) is 14.0. The number of nitrogens with zero attached hydrogens (tertiary/aromatic N) is 4. The Morgan fingerprint density at radius 3 is 2.06 bits per heavy atom. The van der Waals surface area contributed by atoms with Crippen LogP contribution >= 0.6 is 0 Å². The molecule has 3 heterocycles. The quantitative estimate of drug-likeness (QED) is 0.166. The molecule has 1 aliphatic heterocycles. The Morgan fingerprint density at radius 1 is 0.540 bits per heavy atom. The molecule has 50 heavy (non-hydrogen) atoms. The van der Waals surface area contributed by atoms with Crippen LogP contribution in [0.25, 0.3) is 49.9 Å². The van der Waals surface area contributed by atoms with Gasteiger partial charge in [-0.3, -0.25) is 4.57 Å². The van der Waals surface area contributed by atoms with Crippen LogP contribution in [0, 0.1) is 0 Å². The number of para-hydroxylation sites is 3. The van der Waals surface area contributed by atoms with Crippen LogP contribution in [0.2, 0.25) is 13.1 Å². The number of hydrogen-bond donors (Lipinski definition) is 0. The average Bonchev–Trinajstić information content (AvgIpc) is 3.69. The Kier molecular flexibility index (Phi) is 7.18. The SMILES string of the molecule is CN1CN(c2cccc([Si](C)(C)c3ccc4c5ccccc5n(-c5cc(-c6ccccc6-c6ccccc6)ccn5)c4c3)c2)c2ccccc21. The van der Waals surface area contributed by atoms with Crippen molar-refractivity contribution in [3.05, 3.63) is 164 Å². The van der Waals surface area contributed by atoms with E-state index < -0.39 is 8.07 Å². The summed E-state index contributed by atoms with van der Waals surface area (Å²) in [4.78, 5) is 9.75. The van der Waals surface area contributed by atoms with Gasteiger partial charge in [0.1, 0.15) is 13.9 Å². The summed E-state index contributed by atoms with van der Waals surface area (Å²) in [6.45, 7) is 5.80. The lowest BCUT2D eigenvalue weighted by molar-refractivity contribution is 0.950. The number of hydrogen-bond acceptors (Lipinski definition) is 3. The van der Waals surface area contributed by atoms with Gasteiger partial charge >= 0.3 is 0 Å². The molecular weight excluding hydrogens is 625 g/mol. The van der Waals surface area contributed by atoms with Gasteiger partial charge in [0, 0.05) is 29.7 Å². The second kappa shape index (κ2) is 11.9. The van der Waals surface area contributed by atoms with Crippen molar-refractivity contribution in [2.75, 3.05) is 23.5 Å². The van der Waals surface area contributed by atoms with Crippen molar-refractivity contribution in [1.82, 2.24) is 9.55 Å². The lowest BCUT2D eigenvalue weighted by Gasteiger charge is -2.27. The van der Waals surface area contributed by atoms with Crippen LogP contribution in [-0.2, 0) is 0 Å². The minimum Gasteiger partial charge on any atom is -0.355 e. The minimum absolute atomic E-state index is 0.846. The maximum atomic E-state index is 5.01. The summed E-state index contributed by atoms with van der Waals surface area (Å²) in [6, 6.07) is 57.5. The number of rotatable bonds is 6. The summed E-state index contributed by atoms with van der Waals surface area (Å²) in [6.07, 6.45) is 1.95. The Labute approximate surface area is 294 Å². The van der Waals surface area contributed by atoms with Gasteiger partial charge in [0.2, 0.25) is 0 Å². The van der Waals surface area contributed by atoms with Gasteiger partial charge in [0.15, 0.2) is 0 Å². The van der Waals surface area contributed by atoms with Crippen molar-refractivity contribution < 1.29 is 0 Å². The zero-order valence-corrected chi connectivity index (χ0v) is 29.6. The first-order valence-corrected chi connectivity index (χ1v) is 20.3. The molecule has 0 unspecified atom stereocenters. The van der Waals surface area contributed by atoms with Gasteiger partial charge in [-0.25, -0.2) is 4.98 Å². The predicted octanol–water partition coefficient (Wildman–Crippen LogP) is 9.88. The molecule has 0 amide bonds. The fraction of sp³-hybridized carbons (Fsp3) is 0.0889. The Balaban J connectivity index is 1.16. The number of benzene rings is 6. The highest BCUT2D eigenvalue weighted by molar-refractivity contribution is 7.00. The van der Waals surface area contributed by atoms with Gasteiger partial charge < -0.3 is 9.80 Å². The van der Waals surface area contributed by atoms with Gasteiger partial charge in [-0.15, -0.1) is 0 Å². The molecule has 4 nitrogen and oxygen atoms in total. The van der Waals surface area contributed by atoms with E-state index in [0.717, 1.165) is 18.1 Å². The number of anilines is 3. The van der Waals surface area contributed by atoms with E-state index in [1.54, 1.807) is 0 Å². The molecule has 9 rings (SSSR count). The zero-order chi connectivity index (χ0) is 33.8. The first-order valence-electron chi connectivity index (χ1n) is 17.3. The van der Waals surface area contributed by atoms with E-state index in [0.29, 0.717) is 0 Å². The topological polar surface area (TPSA) is 24.3 Å². The van der Waals surface area contributed by atoms with Crippen LogP contribution in [0.3, 0.4) is 0 Å². The van der Waals surface area contributed by atoms with Crippen LogP contribution in [-0.4, -0.2) is 31.3 Å². The molecule has 0 atom stereocenters.